The summed E-state index contributed by atoms with van der Waals surface area (Å²) in [6.45, 7) is 8.11. The molecule has 1 aromatic heterocycles. The van der Waals surface area contributed by atoms with Crippen LogP contribution in [-0.2, 0) is 9.31 Å². The fourth-order valence-corrected chi connectivity index (χ4v) is 2.45. The predicted molar refractivity (Wildman–Crippen MR) is 73.6 cm³/mol. The van der Waals surface area contributed by atoms with Crippen molar-refractivity contribution < 1.29 is 14.4 Å². The second-order valence-electron chi connectivity index (χ2n) is 6.52. The highest BCUT2D eigenvalue weighted by atomic mass is 16.7. The standard InChI is InChI=1S/C14H20BNO3/c1-13(2)14(3,4)19-15(18-13)10-7-16-8-11(17)12(10)9-5-6-9/h7-9,17H,5-6H2,1-4H3. The molecule has 0 aromatic carbocycles. The van der Waals surface area contributed by atoms with E-state index in [1.165, 1.54) is 6.20 Å². The first-order valence-electron chi connectivity index (χ1n) is 6.84. The number of pyridine rings is 1. The Bertz CT molecular complexity index is 495. The van der Waals surface area contributed by atoms with E-state index >= 15 is 0 Å². The fourth-order valence-electron chi connectivity index (χ4n) is 2.45. The van der Waals surface area contributed by atoms with Crippen LogP contribution < -0.4 is 5.46 Å². The average molecular weight is 261 g/mol. The lowest BCUT2D eigenvalue weighted by atomic mass is 9.76. The minimum absolute atomic E-state index is 0.259. The van der Waals surface area contributed by atoms with E-state index in [9.17, 15) is 5.11 Å². The molecule has 5 heteroatoms. The molecular weight excluding hydrogens is 241 g/mol. The first-order chi connectivity index (χ1) is 8.82. The predicted octanol–water partition coefficient (Wildman–Crippen LogP) is 1.96. The quantitative estimate of drug-likeness (QED) is 0.827. The van der Waals surface area contributed by atoms with Crippen LogP contribution in [0.25, 0.3) is 0 Å². The molecule has 0 amide bonds. The van der Waals surface area contributed by atoms with Crippen LogP contribution in [0.4, 0.5) is 0 Å². The van der Waals surface area contributed by atoms with E-state index in [1.54, 1.807) is 6.20 Å². The third kappa shape index (κ3) is 2.05. The van der Waals surface area contributed by atoms with Crippen LogP contribution in [0.15, 0.2) is 12.4 Å². The van der Waals surface area contributed by atoms with Crippen molar-refractivity contribution in [2.24, 2.45) is 0 Å². The van der Waals surface area contributed by atoms with Crippen LogP contribution in [0.1, 0.15) is 52.0 Å². The lowest BCUT2D eigenvalue weighted by molar-refractivity contribution is 0.00578. The van der Waals surface area contributed by atoms with Crippen molar-refractivity contribution >= 4 is 12.6 Å². The number of aromatic nitrogens is 1. The summed E-state index contributed by atoms with van der Waals surface area (Å²) in [7, 11) is -0.444. The molecule has 102 valence electrons. The molecule has 0 spiro atoms. The van der Waals surface area contributed by atoms with Crippen molar-refractivity contribution in [3.05, 3.63) is 18.0 Å². The first-order valence-corrected chi connectivity index (χ1v) is 6.84. The summed E-state index contributed by atoms with van der Waals surface area (Å²) in [6.07, 6.45) is 5.49. The first kappa shape index (κ1) is 12.9. The molecule has 19 heavy (non-hydrogen) atoms. The van der Waals surface area contributed by atoms with Crippen LogP contribution >= 0.6 is 0 Å². The van der Waals surface area contributed by atoms with Crippen molar-refractivity contribution in [1.29, 1.82) is 0 Å². The summed E-state index contributed by atoms with van der Waals surface area (Å²) < 4.78 is 12.1. The van der Waals surface area contributed by atoms with E-state index in [2.05, 4.69) is 4.98 Å². The van der Waals surface area contributed by atoms with Crippen LogP contribution in [0.2, 0.25) is 0 Å². The van der Waals surface area contributed by atoms with Crippen molar-refractivity contribution in [3.8, 4) is 5.75 Å². The minimum atomic E-state index is -0.444. The molecule has 0 atom stereocenters. The molecule has 3 rings (SSSR count). The Labute approximate surface area is 114 Å². The van der Waals surface area contributed by atoms with Crippen molar-refractivity contribution in [2.45, 2.75) is 57.7 Å². The Morgan fingerprint density at radius 2 is 1.74 bits per heavy atom. The highest BCUT2D eigenvalue weighted by Gasteiger charge is 2.53. The van der Waals surface area contributed by atoms with Gasteiger partial charge in [-0.25, -0.2) is 0 Å². The Kier molecular flexibility index (Phi) is 2.70. The van der Waals surface area contributed by atoms with Gasteiger partial charge in [-0.1, -0.05) is 0 Å². The lowest BCUT2D eigenvalue weighted by Crippen LogP contribution is -2.41. The third-order valence-corrected chi connectivity index (χ3v) is 4.49. The number of rotatable bonds is 2. The largest absolute Gasteiger partial charge is 0.506 e. The zero-order valence-electron chi connectivity index (χ0n) is 11.9. The highest BCUT2D eigenvalue weighted by molar-refractivity contribution is 6.62. The summed E-state index contributed by atoms with van der Waals surface area (Å²) in [5.41, 5.74) is 1.09. The van der Waals surface area contributed by atoms with Crippen LogP contribution in [0, 0.1) is 0 Å². The van der Waals surface area contributed by atoms with Crippen LogP contribution in [-0.4, -0.2) is 28.4 Å². The molecule has 2 aliphatic rings. The second kappa shape index (κ2) is 3.96. The van der Waals surface area contributed by atoms with Gasteiger partial charge in [-0.15, -0.1) is 0 Å². The summed E-state index contributed by atoms with van der Waals surface area (Å²) in [4.78, 5) is 4.09. The van der Waals surface area contributed by atoms with E-state index in [0.29, 0.717) is 5.92 Å². The zero-order valence-corrected chi connectivity index (χ0v) is 11.9. The molecule has 1 N–H and O–H groups in total. The molecule has 4 nitrogen and oxygen atoms in total. The summed E-state index contributed by atoms with van der Waals surface area (Å²) in [6, 6.07) is 0. The van der Waals surface area contributed by atoms with Crippen LogP contribution in [0.5, 0.6) is 5.75 Å². The van der Waals surface area contributed by atoms with Gasteiger partial charge in [-0.3, -0.25) is 4.98 Å². The Morgan fingerprint density at radius 1 is 1.16 bits per heavy atom. The Morgan fingerprint density at radius 3 is 2.26 bits per heavy atom. The summed E-state index contributed by atoms with van der Waals surface area (Å²) >= 11 is 0. The van der Waals surface area contributed by atoms with Gasteiger partial charge in [0, 0.05) is 11.7 Å². The van der Waals surface area contributed by atoms with E-state index in [4.69, 9.17) is 9.31 Å². The zero-order chi connectivity index (χ0) is 13.8. The SMILES string of the molecule is CC1(C)OB(c2cncc(O)c2C2CC2)OC1(C)C. The maximum Gasteiger partial charge on any atom is 0.496 e. The number of hydrogen-bond donors (Lipinski definition) is 1. The van der Waals surface area contributed by atoms with Crippen molar-refractivity contribution in [1.82, 2.24) is 4.98 Å². The maximum absolute atomic E-state index is 10.0. The maximum atomic E-state index is 10.0. The smallest absolute Gasteiger partial charge is 0.496 e. The lowest BCUT2D eigenvalue weighted by Gasteiger charge is -2.32. The van der Waals surface area contributed by atoms with Gasteiger partial charge < -0.3 is 14.4 Å². The second-order valence-corrected chi connectivity index (χ2v) is 6.52. The molecule has 1 aliphatic carbocycles. The average Bonchev–Trinajstić information content (AvgIpc) is 3.07. The summed E-state index contributed by atoms with van der Waals surface area (Å²) in [5.74, 6) is 0.687. The monoisotopic (exact) mass is 261 g/mol. The highest BCUT2D eigenvalue weighted by Crippen LogP contribution is 2.44. The molecule has 0 unspecified atom stereocenters. The topological polar surface area (TPSA) is 51.6 Å². The molecular formula is C14H20BNO3. The van der Waals surface area contributed by atoms with E-state index < -0.39 is 7.12 Å². The van der Waals surface area contributed by atoms with Gasteiger partial charge in [-0.05, 0) is 52.0 Å². The van der Waals surface area contributed by atoms with E-state index in [0.717, 1.165) is 23.9 Å². The molecule has 2 fully saturated rings. The molecule has 1 aromatic rings. The molecule has 1 saturated carbocycles. The third-order valence-electron chi connectivity index (χ3n) is 4.49. The Hall–Kier alpha value is -1.07. The van der Waals surface area contributed by atoms with Gasteiger partial charge in [0.1, 0.15) is 5.75 Å². The molecule has 1 saturated heterocycles. The fraction of sp³-hybridized carbons (Fsp3) is 0.643. The Balaban J connectivity index is 1.98. The molecule has 0 bridgehead atoms. The van der Waals surface area contributed by atoms with Gasteiger partial charge >= 0.3 is 7.12 Å². The molecule has 0 radical (unpaired) electrons. The van der Waals surface area contributed by atoms with Gasteiger partial charge in [0.15, 0.2) is 0 Å². The van der Waals surface area contributed by atoms with Crippen molar-refractivity contribution in [2.75, 3.05) is 0 Å². The summed E-state index contributed by atoms with van der Waals surface area (Å²) in [5, 5.41) is 10.0. The molecule has 1 aliphatic heterocycles. The van der Waals surface area contributed by atoms with Gasteiger partial charge in [0.25, 0.3) is 0 Å². The van der Waals surface area contributed by atoms with Gasteiger partial charge in [0.05, 0.1) is 17.4 Å². The number of hydrogen-bond acceptors (Lipinski definition) is 4. The van der Waals surface area contributed by atoms with Gasteiger partial charge in [0.2, 0.25) is 0 Å². The van der Waals surface area contributed by atoms with E-state index in [-0.39, 0.29) is 17.0 Å². The molecule has 2 heterocycles. The normalized spacial score (nSPS) is 24.7. The number of nitrogens with zero attached hydrogens (tertiary/aromatic N) is 1. The van der Waals surface area contributed by atoms with Crippen molar-refractivity contribution in [3.63, 3.8) is 0 Å². The van der Waals surface area contributed by atoms with E-state index in [1.807, 2.05) is 27.7 Å². The number of aromatic hydroxyl groups is 1. The van der Waals surface area contributed by atoms with Gasteiger partial charge in [-0.2, -0.15) is 0 Å². The van der Waals surface area contributed by atoms with Crippen LogP contribution in [0.3, 0.4) is 0 Å². The minimum Gasteiger partial charge on any atom is -0.506 e.